The molecule has 0 saturated carbocycles. The normalized spacial score (nSPS) is 17.8. The van der Waals surface area contributed by atoms with E-state index in [1.165, 1.54) is 5.56 Å². The summed E-state index contributed by atoms with van der Waals surface area (Å²) in [6.07, 6.45) is 1.28. The van der Waals surface area contributed by atoms with Gasteiger partial charge in [-0.15, -0.1) is 11.3 Å². The number of hydrogen-bond acceptors (Lipinski definition) is 4. The van der Waals surface area contributed by atoms with Crippen molar-refractivity contribution in [3.63, 3.8) is 0 Å². The zero-order valence-electron chi connectivity index (χ0n) is 10.4. The molecule has 3 nitrogen and oxygen atoms in total. The van der Waals surface area contributed by atoms with Crippen molar-refractivity contribution in [1.82, 2.24) is 9.88 Å². The van der Waals surface area contributed by atoms with Crippen LogP contribution in [0.2, 0.25) is 0 Å². The van der Waals surface area contributed by atoms with Gasteiger partial charge in [-0.25, -0.2) is 4.98 Å². The van der Waals surface area contributed by atoms with Crippen LogP contribution < -0.4 is 4.74 Å². The van der Waals surface area contributed by atoms with E-state index in [2.05, 4.69) is 40.5 Å². The Balaban J connectivity index is 1.56. The van der Waals surface area contributed by atoms with Crippen LogP contribution in [0.4, 0.5) is 0 Å². The molecule has 3 rings (SSSR count). The maximum atomic E-state index is 5.94. The van der Waals surface area contributed by atoms with Crippen molar-refractivity contribution in [2.45, 2.75) is 19.1 Å². The molecule has 1 atom stereocenters. The SMILES string of the molecule is CN(Cc1cscn1)CC1Cc2ccccc2O1. The average molecular weight is 260 g/mol. The first kappa shape index (κ1) is 11.7. The van der Waals surface area contributed by atoms with Crippen LogP contribution >= 0.6 is 11.3 Å². The summed E-state index contributed by atoms with van der Waals surface area (Å²) in [5.74, 6) is 1.05. The van der Waals surface area contributed by atoms with Crippen molar-refractivity contribution in [3.05, 3.63) is 46.4 Å². The minimum Gasteiger partial charge on any atom is -0.488 e. The molecule has 2 heterocycles. The van der Waals surface area contributed by atoms with Gasteiger partial charge in [-0.2, -0.15) is 0 Å². The van der Waals surface area contributed by atoms with E-state index in [1.54, 1.807) is 11.3 Å². The lowest BCUT2D eigenvalue weighted by Crippen LogP contribution is -2.31. The quantitative estimate of drug-likeness (QED) is 0.845. The smallest absolute Gasteiger partial charge is 0.123 e. The molecule has 0 bridgehead atoms. The van der Waals surface area contributed by atoms with Gasteiger partial charge in [-0.05, 0) is 18.7 Å². The molecule has 2 aromatic rings. The second-order valence-corrected chi connectivity index (χ2v) is 5.45. The molecule has 94 valence electrons. The highest BCUT2D eigenvalue weighted by Gasteiger charge is 2.23. The first-order valence-electron chi connectivity index (χ1n) is 6.11. The molecule has 0 aliphatic carbocycles. The lowest BCUT2D eigenvalue weighted by atomic mass is 10.1. The number of benzene rings is 1. The van der Waals surface area contributed by atoms with E-state index in [9.17, 15) is 0 Å². The second-order valence-electron chi connectivity index (χ2n) is 4.73. The summed E-state index contributed by atoms with van der Waals surface area (Å²) >= 11 is 1.65. The van der Waals surface area contributed by atoms with Crippen LogP contribution in [0.1, 0.15) is 11.3 Å². The highest BCUT2D eigenvalue weighted by Crippen LogP contribution is 2.28. The molecule has 1 aromatic carbocycles. The molecule has 0 fully saturated rings. The van der Waals surface area contributed by atoms with E-state index < -0.39 is 0 Å². The third-order valence-corrected chi connectivity index (χ3v) is 3.78. The summed E-state index contributed by atoms with van der Waals surface area (Å²) in [5.41, 5.74) is 4.34. The van der Waals surface area contributed by atoms with Crippen molar-refractivity contribution < 1.29 is 4.74 Å². The Morgan fingerprint density at radius 3 is 3.11 bits per heavy atom. The van der Waals surface area contributed by atoms with Crippen molar-refractivity contribution >= 4 is 11.3 Å². The first-order valence-corrected chi connectivity index (χ1v) is 7.06. The Bertz CT molecular complexity index is 487. The van der Waals surface area contributed by atoms with E-state index in [0.29, 0.717) is 0 Å². The lowest BCUT2D eigenvalue weighted by Gasteiger charge is -2.19. The number of hydrogen-bond donors (Lipinski definition) is 0. The molecule has 1 unspecified atom stereocenters. The van der Waals surface area contributed by atoms with Crippen LogP contribution in [-0.4, -0.2) is 29.6 Å². The minimum absolute atomic E-state index is 0.269. The molecule has 4 heteroatoms. The molecule has 0 saturated heterocycles. The topological polar surface area (TPSA) is 25.4 Å². The summed E-state index contributed by atoms with van der Waals surface area (Å²) < 4.78 is 5.94. The number of nitrogens with zero attached hydrogens (tertiary/aromatic N) is 2. The molecule has 0 radical (unpaired) electrons. The molecule has 0 amide bonds. The second kappa shape index (κ2) is 5.08. The van der Waals surface area contributed by atoms with Crippen LogP contribution in [0, 0.1) is 0 Å². The van der Waals surface area contributed by atoms with Crippen molar-refractivity contribution in [2.24, 2.45) is 0 Å². The van der Waals surface area contributed by atoms with Crippen molar-refractivity contribution in [1.29, 1.82) is 0 Å². The molecular weight excluding hydrogens is 244 g/mol. The highest BCUT2D eigenvalue weighted by molar-refractivity contribution is 7.07. The van der Waals surface area contributed by atoms with E-state index in [4.69, 9.17) is 4.74 Å². The summed E-state index contributed by atoms with van der Waals surface area (Å²) in [4.78, 5) is 6.58. The Hall–Kier alpha value is -1.39. The van der Waals surface area contributed by atoms with Gasteiger partial charge in [-0.3, -0.25) is 4.90 Å². The highest BCUT2D eigenvalue weighted by atomic mass is 32.1. The zero-order chi connectivity index (χ0) is 12.4. The van der Waals surface area contributed by atoms with Gasteiger partial charge in [0.25, 0.3) is 0 Å². The maximum absolute atomic E-state index is 5.94. The largest absolute Gasteiger partial charge is 0.488 e. The van der Waals surface area contributed by atoms with Gasteiger partial charge in [0.1, 0.15) is 11.9 Å². The van der Waals surface area contributed by atoms with E-state index in [0.717, 1.165) is 31.0 Å². The van der Waals surface area contributed by atoms with Gasteiger partial charge in [0.05, 0.1) is 11.2 Å². The molecular formula is C14H16N2OS. The zero-order valence-corrected chi connectivity index (χ0v) is 11.2. The van der Waals surface area contributed by atoms with E-state index in [-0.39, 0.29) is 6.10 Å². The van der Waals surface area contributed by atoms with Gasteiger partial charge in [0, 0.05) is 24.9 Å². The van der Waals surface area contributed by atoms with Crippen LogP contribution in [-0.2, 0) is 13.0 Å². The fourth-order valence-electron chi connectivity index (χ4n) is 2.36. The summed E-state index contributed by atoms with van der Waals surface area (Å²) in [6.45, 7) is 1.83. The monoisotopic (exact) mass is 260 g/mol. The number of fused-ring (bicyclic) bond motifs is 1. The Morgan fingerprint density at radius 2 is 2.33 bits per heavy atom. The number of likely N-dealkylation sites (N-methyl/N-ethyl adjacent to an activating group) is 1. The van der Waals surface area contributed by atoms with Crippen LogP contribution in [0.15, 0.2) is 35.2 Å². The standard InChI is InChI=1S/C14H16N2OS/c1-16(7-12-9-18-10-15-12)8-13-6-11-4-2-3-5-14(11)17-13/h2-5,9-10,13H,6-8H2,1H3. The molecule has 1 aliphatic rings. The molecule has 1 aromatic heterocycles. The van der Waals surface area contributed by atoms with Crippen molar-refractivity contribution in [3.8, 4) is 5.75 Å². The number of ether oxygens (including phenoxy) is 1. The van der Waals surface area contributed by atoms with Gasteiger partial charge >= 0.3 is 0 Å². The van der Waals surface area contributed by atoms with Gasteiger partial charge in [0.15, 0.2) is 0 Å². The van der Waals surface area contributed by atoms with Gasteiger partial charge in [-0.1, -0.05) is 18.2 Å². The van der Waals surface area contributed by atoms with Crippen LogP contribution in [0.5, 0.6) is 5.75 Å². The predicted molar refractivity (Wildman–Crippen MR) is 73.0 cm³/mol. The van der Waals surface area contributed by atoms with Crippen LogP contribution in [0.3, 0.4) is 0 Å². The number of thiazole rings is 1. The Labute approximate surface area is 111 Å². The first-order chi connectivity index (χ1) is 8.81. The minimum atomic E-state index is 0.269. The van der Waals surface area contributed by atoms with E-state index >= 15 is 0 Å². The fourth-order valence-corrected chi connectivity index (χ4v) is 2.91. The average Bonchev–Trinajstić information content (AvgIpc) is 2.96. The summed E-state index contributed by atoms with van der Waals surface area (Å²) in [6, 6.07) is 8.30. The molecule has 1 aliphatic heterocycles. The van der Waals surface area contributed by atoms with E-state index in [1.807, 2.05) is 11.6 Å². The molecule has 18 heavy (non-hydrogen) atoms. The summed E-state index contributed by atoms with van der Waals surface area (Å²) in [7, 11) is 2.12. The van der Waals surface area contributed by atoms with Gasteiger partial charge in [0.2, 0.25) is 0 Å². The number of para-hydroxylation sites is 1. The molecule has 0 N–H and O–H groups in total. The van der Waals surface area contributed by atoms with Crippen LogP contribution in [0.25, 0.3) is 0 Å². The maximum Gasteiger partial charge on any atom is 0.123 e. The summed E-state index contributed by atoms with van der Waals surface area (Å²) in [5, 5.41) is 2.10. The Kier molecular flexibility index (Phi) is 3.30. The Morgan fingerprint density at radius 1 is 1.44 bits per heavy atom. The number of rotatable bonds is 4. The number of aromatic nitrogens is 1. The molecule has 0 spiro atoms. The third-order valence-electron chi connectivity index (χ3n) is 3.14. The fraction of sp³-hybridized carbons (Fsp3) is 0.357. The third kappa shape index (κ3) is 2.54. The van der Waals surface area contributed by atoms with Crippen molar-refractivity contribution in [2.75, 3.05) is 13.6 Å². The van der Waals surface area contributed by atoms with Gasteiger partial charge < -0.3 is 4.74 Å². The lowest BCUT2D eigenvalue weighted by molar-refractivity contribution is 0.164. The predicted octanol–water partition coefficient (Wildman–Crippen LogP) is 2.58.